The molecule has 0 fully saturated rings. The number of nitrogens with one attached hydrogen (secondary N) is 1. The molecule has 0 aliphatic carbocycles. The molecular weight excluding hydrogens is 357 g/mol. The van der Waals surface area contributed by atoms with Crippen LogP contribution in [0.15, 0.2) is 46.9 Å². The lowest BCUT2D eigenvalue weighted by atomic mass is 10.1. The van der Waals surface area contributed by atoms with Crippen molar-refractivity contribution in [2.45, 2.75) is 25.9 Å². The normalized spacial score (nSPS) is 12.4. The molecule has 20 heavy (non-hydrogen) atoms. The molecule has 0 radical (unpaired) electrons. The molecule has 2 rings (SSSR count). The minimum Gasteiger partial charge on any atom is -0.310 e. The van der Waals surface area contributed by atoms with Crippen LogP contribution in [-0.2, 0) is 13.0 Å². The van der Waals surface area contributed by atoms with E-state index in [0.717, 1.165) is 33.0 Å². The van der Waals surface area contributed by atoms with Crippen LogP contribution in [0.5, 0.6) is 0 Å². The van der Waals surface area contributed by atoms with Crippen LogP contribution in [0.1, 0.15) is 18.1 Å². The van der Waals surface area contributed by atoms with Gasteiger partial charge in [-0.2, -0.15) is 0 Å². The average molecular weight is 373 g/mol. The molecule has 2 aromatic carbocycles. The van der Waals surface area contributed by atoms with E-state index >= 15 is 0 Å². The lowest BCUT2D eigenvalue weighted by Crippen LogP contribution is -2.27. The van der Waals surface area contributed by atoms with E-state index < -0.39 is 0 Å². The van der Waals surface area contributed by atoms with E-state index in [1.807, 2.05) is 36.4 Å². The Kier molecular flexibility index (Phi) is 5.91. The maximum absolute atomic E-state index is 6.21. The molecule has 0 heterocycles. The van der Waals surface area contributed by atoms with Crippen molar-refractivity contribution >= 4 is 39.1 Å². The predicted octanol–water partition coefficient (Wildman–Crippen LogP) is 5.48. The van der Waals surface area contributed by atoms with Crippen LogP contribution < -0.4 is 5.32 Å². The van der Waals surface area contributed by atoms with Gasteiger partial charge in [0.15, 0.2) is 0 Å². The van der Waals surface area contributed by atoms with E-state index in [1.54, 1.807) is 0 Å². The Morgan fingerprint density at radius 3 is 2.65 bits per heavy atom. The van der Waals surface area contributed by atoms with Crippen LogP contribution in [0.2, 0.25) is 10.0 Å². The molecule has 1 nitrogen and oxygen atoms in total. The monoisotopic (exact) mass is 371 g/mol. The van der Waals surface area contributed by atoms with Gasteiger partial charge in [0.1, 0.15) is 0 Å². The van der Waals surface area contributed by atoms with Gasteiger partial charge in [-0.25, -0.2) is 0 Å². The molecule has 0 spiro atoms. The molecule has 0 aliphatic rings. The van der Waals surface area contributed by atoms with Crippen LogP contribution >= 0.6 is 39.1 Å². The van der Waals surface area contributed by atoms with Gasteiger partial charge in [0.25, 0.3) is 0 Å². The van der Waals surface area contributed by atoms with Crippen LogP contribution in [0.3, 0.4) is 0 Å². The lowest BCUT2D eigenvalue weighted by molar-refractivity contribution is 0.545. The quantitative estimate of drug-likeness (QED) is 0.732. The Balaban J connectivity index is 1.90. The topological polar surface area (TPSA) is 12.0 Å². The summed E-state index contributed by atoms with van der Waals surface area (Å²) in [7, 11) is 0. The highest BCUT2D eigenvalue weighted by atomic mass is 79.9. The highest BCUT2D eigenvalue weighted by Crippen LogP contribution is 2.21. The summed E-state index contributed by atoms with van der Waals surface area (Å²) < 4.78 is 0.998. The van der Waals surface area contributed by atoms with Gasteiger partial charge >= 0.3 is 0 Å². The van der Waals surface area contributed by atoms with E-state index in [2.05, 4.69) is 34.2 Å². The summed E-state index contributed by atoms with van der Waals surface area (Å²) in [6.45, 7) is 2.92. The van der Waals surface area contributed by atoms with Gasteiger partial charge in [0, 0.05) is 27.1 Å². The van der Waals surface area contributed by atoms with Crippen molar-refractivity contribution in [2.75, 3.05) is 0 Å². The smallest absolute Gasteiger partial charge is 0.0462 e. The maximum atomic E-state index is 6.21. The molecule has 0 amide bonds. The first kappa shape index (κ1) is 15.8. The van der Waals surface area contributed by atoms with Crippen molar-refractivity contribution in [1.29, 1.82) is 0 Å². The van der Waals surface area contributed by atoms with E-state index in [-0.39, 0.29) is 0 Å². The summed E-state index contributed by atoms with van der Waals surface area (Å²) in [6.07, 6.45) is 0.939. The first-order valence-electron chi connectivity index (χ1n) is 6.46. The van der Waals surface area contributed by atoms with Crippen LogP contribution in [0.4, 0.5) is 0 Å². The SMILES string of the molecule is CC(Cc1cccc(Cl)c1)NCc1ccc(Br)cc1Cl. The zero-order valence-corrected chi connectivity index (χ0v) is 14.3. The number of hydrogen-bond acceptors (Lipinski definition) is 1. The Morgan fingerprint density at radius 1 is 1.15 bits per heavy atom. The molecule has 0 saturated heterocycles. The summed E-state index contributed by atoms with van der Waals surface area (Å²) in [5, 5.41) is 5.05. The Hall–Kier alpha value is -0.540. The number of rotatable bonds is 5. The molecule has 106 valence electrons. The Morgan fingerprint density at radius 2 is 1.95 bits per heavy atom. The standard InChI is InChI=1S/C16H16BrCl2N/c1-11(7-12-3-2-4-15(18)8-12)20-10-13-5-6-14(17)9-16(13)19/h2-6,8-9,11,20H,7,10H2,1H3. The van der Waals surface area contributed by atoms with E-state index in [9.17, 15) is 0 Å². The minimum absolute atomic E-state index is 0.355. The third-order valence-corrected chi connectivity index (χ3v) is 4.17. The van der Waals surface area contributed by atoms with Crippen molar-refractivity contribution in [3.63, 3.8) is 0 Å². The summed E-state index contributed by atoms with van der Waals surface area (Å²) in [6, 6.07) is 14.3. The third kappa shape index (κ3) is 4.78. The summed E-state index contributed by atoms with van der Waals surface area (Å²) in [5.41, 5.74) is 2.34. The molecule has 2 aromatic rings. The molecule has 1 unspecified atom stereocenters. The zero-order chi connectivity index (χ0) is 14.5. The van der Waals surface area contributed by atoms with Gasteiger partial charge in [-0.3, -0.25) is 0 Å². The molecule has 0 bridgehead atoms. The molecule has 1 N–H and O–H groups in total. The number of halogens is 3. The fourth-order valence-electron chi connectivity index (χ4n) is 2.04. The minimum atomic E-state index is 0.355. The van der Waals surface area contributed by atoms with E-state index in [1.165, 1.54) is 5.56 Å². The fraction of sp³-hybridized carbons (Fsp3) is 0.250. The number of benzene rings is 2. The highest BCUT2D eigenvalue weighted by molar-refractivity contribution is 9.10. The van der Waals surface area contributed by atoms with Crippen molar-refractivity contribution in [3.05, 3.63) is 68.1 Å². The van der Waals surface area contributed by atoms with Gasteiger partial charge < -0.3 is 5.32 Å². The van der Waals surface area contributed by atoms with Gasteiger partial charge in [0.2, 0.25) is 0 Å². The zero-order valence-electron chi connectivity index (χ0n) is 11.2. The van der Waals surface area contributed by atoms with Crippen molar-refractivity contribution in [3.8, 4) is 0 Å². The molecule has 0 aromatic heterocycles. The van der Waals surface area contributed by atoms with E-state index in [4.69, 9.17) is 23.2 Å². The van der Waals surface area contributed by atoms with Gasteiger partial charge in [0.05, 0.1) is 0 Å². The van der Waals surface area contributed by atoms with Gasteiger partial charge in [-0.1, -0.05) is 57.3 Å². The molecular formula is C16H16BrCl2N. The first-order chi connectivity index (χ1) is 9.54. The summed E-state index contributed by atoms with van der Waals surface area (Å²) in [5.74, 6) is 0. The second-order valence-corrected chi connectivity index (χ2v) is 6.61. The van der Waals surface area contributed by atoms with Crippen molar-refractivity contribution < 1.29 is 0 Å². The van der Waals surface area contributed by atoms with Gasteiger partial charge in [-0.05, 0) is 48.7 Å². The summed E-state index contributed by atoms with van der Waals surface area (Å²) in [4.78, 5) is 0. The van der Waals surface area contributed by atoms with Gasteiger partial charge in [-0.15, -0.1) is 0 Å². The predicted molar refractivity (Wildman–Crippen MR) is 90.6 cm³/mol. The van der Waals surface area contributed by atoms with Crippen molar-refractivity contribution in [2.24, 2.45) is 0 Å². The van der Waals surface area contributed by atoms with E-state index in [0.29, 0.717) is 6.04 Å². The molecule has 4 heteroatoms. The Labute approximate surface area is 138 Å². The second kappa shape index (κ2) is 7.46. The third-order valence-electron chi connectivity index (χ3n) is 3.09. The first-order valence-corrected chi connectivity index (χ1v) is 8.01. The molecule has 0 saturated carbocycles. The van der Waals surface area contributed by atoms with Crippen LogP contribution in [0, 0.1) is 0 Å². The highest BCUT2D eigenvalue weighted by Gasteiger charge is 2.06. The largest absolute Gasteiger partial charge is 0.310 e. The molecule has 1 atom stereocenters. The van der Waals surface area contributed by atoms with Crippen molar-refractivity contribution in [1.82, 2.24) is 5.32 Å². The lowest BCUT2D eigenvalue weighted by Gasteiger charge is -2.15. The maximum Gasteiger partial charge on any atom is 0.0462 e. The number of hydrogen-bond donors (Lipinski definition) is 1. The molecule has 0 aliphatic heterocycles. The fourth-order valence-corrected chi connectivity index (χ4v) is 2.99. The Bertz CT molecular complexity index is 586. The van der Waals surface area contributed by atoms with Crippen LogP contribution in [0.25, 0.3) is 0 Å². The summed E-state index contributed by atoms with van der Waals surface area (Å²) >= 11 is 15.6. The average Bonchev–Trinajstić information content (AvgIpc) is 2.37. The van der Waals surface area contributed by atoms with Crippen LogP contribution in [-0.4, -0.2) is 6.04 Å². The second-order valence-electron chi connectivity index (χ2n) is 4.85.